The molecule has 1 amide bonds. The number of hydrogen-bond acceptors (Lipinski definition) is 6. The zero-order valence-corrected chi connectivity index (χ0v) is 21.3. The van der Waals surface area contributed by atoms with E-state index in [0.717, 1.165) is 70.3 Å². The Hall–Kier alpha value is -2.38. The quantitative estimate of drug-likeness (QED) is 0.647. The summed E-state index contributed by atoms with van der Waals surface area (Å²) in [6, 6.07) is 10.2. The van der Waals surface area contributed by atoms with Crippen molar-refractivity contribution in [2.24, 2.45) is 0 Å². The van der Waals surface area contributed by atoms with E-state index in [9.17, 15) is 4.79 Å². The summed E-state index contributed by atoms with van der Waals surface area (Å²) in [6.07, 6.45) is 11.4. The number of benzene rings is 1. The van der Waals surface area contributed by atoms with Gasteiger partial charge in [-0.15, -0.1) is 0 Å². The molecule has 5 rings (SSSR count). The second-order valence-electron chi connectivity index (χ2n) is 10.2. The molecule has 7 nitrogen and oxygen atoms in total. The highest BCUT2D eigenvalue weighted by Crippen LogP contribution is 2.24. The zero-order valence-electron chi connectivity index (χ0n) is 20.5. The van der Waals surface area contributed by atoms with Crippen LogP contribution in [0, 0.1) is 0 Å². The van der Waals surface area contributed by atoms with E-state index in [1.165, 1.54) is 32.1 Å². The van der Waals surface area contributed by atoms with Crippen molar-refractivity contribution >= 4 is 29.3 Å². The number of nitrogens with one attached hydrogen (secondary N) is 1. The van der Waals surface area contributed by atoms with Gasteiger partial charge in [0.05, 0.1) is 0 Å². The predicted molar refractivity (Wildman–Crippen MR) is 141 cm³/mol. The summed E-state index contributed by atoms with van der Waals surface area (Å²) in [6.45, 7) is 5.90. The summed E-state index contributed by atoms with van der Waals surface area (Å²) < 4.78 is 0. The van der Waals surface area contributed by atoms with Crippen molar-refractivity contribution in [3.05, 3.63) is 47.1 Å². The van der Waals surface area contributed by atoms with Crippen molar-refractivity contribution in [3.63, 3.8) is 0 Å². The molecule has 3 aliphatic rings. The molecule has 2 aromatic rings. The summed E-state index contributed by atoms with van der Waals surface area (Å²) in [5.41, 5.74) is 0.681. The Labute approximate surface area is 213 Å². The van der Waals surface area contributed by atoms with E-state index in [4.69, 9.17) is 16.6 Å². The number of likely N-dealkylation sites (tertiary alicyclic amines) is 2. The molecular weight excluding hydrogens is 460 g/mol. The fourth-order valence-electron chi connectivity index (χ4n) is 5.77. The van der Waals surface area contributed by atoms with Crippen LogP contribution in [-0.2, 0) is 0 Å². The highest BCUT2D eigenvalue weighted by Gasteiger charge is 2.31. The van der Waals surface area contributed by atoms with Gasteiger partial charge in [0.25, 0.3) is 5.91 Å². The van der Waals surface area contributed by atoms with Gasteiger partial charge in [0, 0.05) is 61.6 Å². The number of rotatable bonds is 5. The molecule has 8 heteroatoms. The van der Waals surface area contributed by atoms with Crippen LogP contribution in [0.2, 0.25) is 5.02 Å². The van der Waals surface area contributed by atoms with Gasteiger partial charge >= 0.3 is 0 Å². The van der Waals surface area contributed by atoms with Crippen molar-refractivity contribution in [2.75, 3.05) is 49.5 Å². The first-order chi connectivity index (χ1) is 17.2. The van der Waals surface area contributed by atoms with E-state index in [-0.39, 0.29) is 5.91 Å². The molecule has 1 atom stereocenters. The number of carbonyl (C=O) groups excluding carboxylic acids is 1. The molecule has 0 radical (unpaired) electrons. The lowest BCUT2D eigenvalue weighted by atomic mass is 9.97. The van der Waals surface area contributed by atoms with Crippen LogP contribution < -0.4 is 10.2 Å². The number of amides is 1. The van der Waals surface area contributed by atoms with Gasteiger partial charge < -0.3 is 15.1 Å². The minimum absolute atomic E-state index is 0.0885. The van der Waals surface area contributed by atoms with E-state index < -0.39 is 0 Å². The molecule has 35 heavy (non-hydrogen) atoms. The van der Waals surface area contributed by atoms with E-state index in [1.54, 1.807) is 6.07 Å². The molecule has 0 bridgehead atoms. The third kappa shape index (κ3) is 6.25. The second-order valence-corrected chi connectivity index (χ2v) is 10.6. The second kappa shape index (κ2) is 11.6. The number of carbonyl (C=O) groups is 1. The van der Waals surface area contributed by atoms with Crippen molar-refractivity contribution in [3.8, 4) is 0 Å². The Kier molecular flexibility index (Phi) is 8.04. The van der Waals surface area contributed by atoms with Crippen LogP contribution in [-0.4, -0.2) is 77.0 Å². The average Bonchev–Trinajstić information content (AvgIpc) is 3.19. The van der Waals surface area contributed by atoms with Crippen LogP contribution in [0.15, 0.2) is 36.5 Å². The standard InChI is InChI=1S/C27H37ClN6O/c28-22-8-5-7-21(19-22)26(35)33-17-11-24(12-18-33)34-16-6-9-23(20-34)30-27-29-13-10-25(31-27)32-14-3-1-2-4-15-32/h5,7-8,10,13,19,23-24H,1-4,6,9,11-12,14-18,20H2,(H,29,30,31). The van der Waals surface area contributed by atoms with Crippen LogP contribution in [0.3, 0.4) is 0 Å². The van der Waals surface area contributed by atoms with Gasteiger partial charge in [-0.2, -0.15) is 4.98 Å². The maximum Gasteiger partial charge on any atom is 0.253 e. The number of hydrogen-bond donors (Lipinski definition) is 1. The SMILES string of the molecule is O=C(c1cccc(Cl)c1)N1CCC(N2CCCC(Nc3nccc(N4CCCCCC4)n3)C2)CC1. The minimum atomic E-state index is 0.0885. The molecule has 1 aromatic carbocycles. The number of nitrogens with zero attached hydrogens (tertiary/aromatic N) is 5. The monoisotopic (exact) mass is 496 g/mol. The van der Waals surface area contributed by atoms with Crippen molar-refractivity contribution < 1.29 is 4.79 Å². The van der Waals surface area contributed by atoms with Gasteiger partial charge in [0.15, 0.2) is 0 Å². The average molecular weight is 497 g/mol. The van der Waals surface area contributed by atoms with Gasteiger partial charge in [0.2, 0.25) is 5.95 Å². The number of anilines is 2. The van der Waals surface area contributed by atoms with Crippen LogP contribution in [0.4, 0.5) is 11.8 Å². The van der Waals surface area contributed by atoms with Gasteiger partial charge in [-0.3, -0.25) is 9.69 Å². The zero-order chi connectivity index (χ0) is 24.0. The van der Waals surface area contributed by atoms with Gasteiger partial charge in [-0.25, -0.2) is 4.98 Å². The molecule has 0 aliphatic carbocycles. The van der Waals surface area contributed by atoms with Crippen LogP contribution >= 0.6 is 11.6 Å². The van der Waals surface area contributed by atoms with E-state index >= 15 is 0 Å². The smallest absolute Gasteiger partial charge is 0.253 e. The summed E-state index contributed by atoms with van der Waals surface area (Å²) in [7, 11) is 0. The molecule has 1 N–H and O–H groups in total. The lowest BCUT2D eigenvalue weighted by molar-refractivity contribution is 0.0580. The first-order valence-corrected chi connectivity index (χ1v) is 13.7. The summed E-state index contributed by atoms with van der Waals surface area (Å²) >= 11 is 6.08. The Morgan fingerprint density at radius 2 is 1.74 bits per heavy atom. The van der Waals surface area contributed by atoms with Crippen LogP contribution in [0.1, 0.15) is 61.7 Å². The molecule has 3 aliphatic heterocycles. The fraction of sp³-hybridized carbons (Fsp3) is 0.593. The number of piperidine rings is 2. The van der Waals surface area contributed by atoms with E-state index in [2.05, 4.69) is 20.1 Å². The molecule has 3 saturated heterocycles. The molecule has 1 aromatic heterocycles. The minimum Gasteiger partial charge on any atom is -0.356 e. The highest BCUT2D eigenvalue weighted by molar-refractivity contribution is 6.30. The summed E-state index contributed by atoms with van der Waals surface area (Å²) in [5, 5.41) is 4.24. The third-order valence-electron chi connectivity index (χ3n) is 7.70. The summed E-state index contributed by atoms with van der Waals surface area (Å²) in [5.74, 6) is 1.89. The topological polar surface area (TPSA) is 64.6 Å². The molecule has 3 fully saturated rings. The van der Waals surface area contributed by atoms with Crippen LogP contribution in [0.25, 0.3) is 0 Å². The molecular formula is C27H37ClN6O. The largest absolute Gasteiger partial charge is 0.356 e. The van der Waals surface area contributed by atoms with Crippen molar-refractivity contribution in [1.82, 2.24) is 19.8 Å². The highest BCUT2D eigenvalue weighted by atomic mass is 35.5. The van der Waals surface area contributed by atoms with Gasteiger partial charge in [-0.05, 0) is 69.3 Å². The lowest BCUT2D eigenvalue weighted by Gasteiger charge is -2.42. The summed E-state index contributed by atoms with van der Waals surface area (Å²) in [4.78, 5) is 29.3. The molecule has 188 valence electrons. The molecule has 0 saturated carbocycles. The predicted octanol–water partition coefficient (Wildman–Crippen LogP) is 4.69. The molecule has 0 spiro atoms. The van der Waals surface area contributed by atoms with Crippen LogP contribution in [0.5, 0.6) is 0 Å². The third-order valence-corrected chi connectivity index (χ3v) is 7.93. The Morgan fingerprint density at radius 3 is 2.51 bits per heavy atom. The first kappa shape index (κ1) is 24.3. The Morgan fingerprint density at radius 1 is 0.943 bits per heavy atom. The maximum atomic E-state index is 12.9. The number of halogens is 1. The maximum absolute atomic E-state index is 12.9. The lowest BCUT2D eigenvalue weighted by Crippen LogP contribution is -2.52. The Bertz CT molecular complexity index is 987. The molecule has 1 unspecified atom stereocenters. The van der Waals surface area contributed by atoms with E-state index in [0.29, 0.717) is 22.7 Å². The van der Waals surface area contributed by atoms with Gasteiger partial charge in [-0.1, -0.05) is 30.5 Å². The fourth-order valence-corrected chi connectivity index (χ4v) is 5.96. The number of aromatic nitrogens is 2. The Balaban J connectivity index is 1.14. The van der Waals surface area contributed by atoms with Gasteiger partial charge in [0.1, 0.15) is 5.82 Å². The molecule has 4 heterocycles. The normalized spacial score (nSPS) is 22.6. The first-order valence-electron chi connectivity index (χ1n) is 13.3. The van der Waals surface area contributed by atoms with Crippen molar-refractivity contribution in [1.29, 1.82) is 0 Å². The van der Waals surface area contributed by atoms with E-state index in [1.807, 2.05) is 35.4 Å². The van der Waals surface area contributed by atoms with Crippen molar-refractivity contribution in [2.45, 2.75) is 63.5 Å².